The van der Waals surface area contributed by atoms with Gasteiger partial charge in [0.1, 0.15) is 35.0 Å². The summed E-state index contributed by atoms with van der Waals surface area (Å²) in [5.41, 5.74) is -1.10. The summed E-state index contributed by atoms with van der Waals surface area (Å²) < 4.78 is 103. The van der Waals surface area contributed by atoms with Gasteiger partial charge in [0, 0.05) is 119 Å². The van der Waals surface area contributed by atoms with Gasteiger partial charge in [0.25, 0.3) is 5.91 Å². The molecule has 1 saturated carbocycles. The second-order valence-corrected chi connectivity index (χ2v) is 32.3. The number of ketones is 2. The lowest BCUT2D eigenvalue weighted by molar-refractivity contribution is -0.256. The van der Waals surface area contributed by atoms with Gasteiger partial charge >= 0.3 is 0 Å². The van der Waals surface area contributed by atoms with Crippen LogP contribution < -0.4 is 25.6 Å². The summed E-state index contributed by atoms with van der Waals surface area (Å²) in [6, 6.07) is 18.1. The van der Waals surface area contributed by atoms with Crippen LogP contribution >= 0.6 is 0 Å². The number of carbonyl (C=O) groups excluding carboxylic acids is 7. The number of piperidine rings is 1. The largest absolute Gasteiger partial charge is 0.507 e. The van der Waals surface area contributed by atoms with E-state index in [0.29, 0.717) is 197 Å². The number of amides is 5. The van der Waals surface area contributed by atoms with Gasteiger partial charge < -0.3 is 126 Å². The molecular weight excluding hydrogens is 1630 g/mol. The van der Waals surface area contributed by atoms with Gasteiger partial charge in [-0.3, -0.25) is 38.5 Å². The lowest BCUT2D eigenvalue weighted by Gasteiger charge is -2.46. The Labute approximate surface area is 729 Å². The molecule has 5 amide bonds. The van der Waals surface area contributed by atoms with Crippen LogP contribution in [0.3, 0.4) is 0 Å². The number of para-hydroxylation sites is 1. The number of likely N-dealkylation sites (tertiary alicyclic amines) is 1. The molecule has 12 rings (SSSR count). The number of benzene rings is 4. The molecule has 4 saturated heterocycles. The Hall–Kier alpha value is -8.23. The molecule has 0 aromatic heterocycles. The van der Waals surface area contributed by atoms with Gasteiger partial charge in [0.05, 0.1) is 207 Å². The third-order valence-corrected chi connectivity index (χ3v) is 24.2. The van der Waals surface area contributed by atoms with Gasteiger partial charge in [0.2, 0.25) is 29.4 Å². The van der Waals surface area contributed by atoms with Gasteiger partial charge in [-0.25, -0.2) is 0 Å². The van der Waals surface area contributed by atoms with Crippen LogP contribution in [-0.4, -0.2) is 328 Å². The van der Waals surface area contributed by atoms with Gasteiger partial charge in [-0.05, 0) is 93.5 Å². The van der Waals surface area contributed by atoms with Gasteiger partial charge in [-0.15, -0.1) is 0 Å². The van der Waals surface area contributed by atoms with Crippen molar-refractivity contribution >= 4 is 46.8 Å². The smallest absolute Gasteiger partial charge is 0.253 e. The SMILES string of the molecule is COCCOCCOCCOCCOCCOCCOCCOCCOCCOCCOCCOCCC(=O)NCC(NC(=O)C1(O)Cc2c(O)c3c(c(O)c2C(OC2CC4C(OC5C(OC)OCCN45)C(C)O2)C1)C(=O)c1c(OC)cccc1C3=O)C(=O)N1CCC2(CCC(C(=O)NCCCCC(=O)N3Cc4ccccc4C#Cc4ccccc43)CC2)CC1. The number of carbonyl (C=O) groups is 7. The molecule has 1 spiro atoms. The number of fused-ring (bicyclic) bond motifs is 8. The molecule has 6 N–H and O–H groups in total. The molecule has 9 unspecified atom stereocenters. The Morgan fingerprint density at radius 2 is 1.18 bits per heavy atom. The Balaban J connectivity index is 0.602. The Bertz CT molecular complexity index is 4260. The molecule has 5 fully saturated rings. The number of ether oxygens (including phenoxy) is 18. The van der Waals surface area contributed by atoms with Crippen molar-refractivity contribution in [2.45, 2.75) is 152 Å². The van der Waals surface area contributed by atoms with Crippen molar-refractivity contribution in [3.8, 4) is 29.1 Å². The number of aliphatic hydroxyl groups is 1. The molecule has 125 heavy (non-hydrogen) atoms. The van der Waals surface area contributed by atoms with Crippen molar-refractivity contribution in [2.24, 2.45) is 11.3 Å². The molecule has 0 radical (unpaired) electrons. The summed E-state index contributed by atoms with van der Waals surface area (Å²) >= 11 is 0. The van der Waals surface area contributed by atoms with E-state index < -0.39 is 120 Å². The molecule has 5 aliphatic heterocycles. The summed E-state index contributed by atoms with van der Waals surface area (Å²) in [5.74, 6) is 0.974. The number of rotatable bonds is 51. The Kier molecular flexibility index (Phi) is 37.4. The van der Waals surface area contributed by atoms with E-state index in [0.717, 1.165) is 35.2 Å². The summed E-state index contributed by atoms with van der Waals surface area (Å²) in [6.45, 7) is 12.7. The monoisotopic (exact) mass is 1750 g/mol. The predicted octanol–water partition coefficient (Wildman–Crippen LogP) is 5.00. The lowest BCUT2D eigenvalue weighted by atomic mass is 9.65. The van der Waals surface area contributed by atoms with Crippen molar-refractivity contribution in [1.82, 2.24) is 25.8 Å². The van der Waals surface area contributed by atoms with Crippen molar-refractivity contribution in [3.05, 3.63) is 117 Å². The average Bonchev–Trinajstić information content (AvgIpc) is 1.16. The first-order valence-electron chi connectivity index (χ1n) is 43.9. The van der Waals surface area contributed by atoms with E-state index in [9.17, 15) is 39.3 Å². The van der Waals surface area contributed by atoms with Crippen LogP contribution in [-0.2, 0) is 117 Å². The molecule has 5 heterocycles. The van der Waals surface area contributed by atoms with E-state index in [4.69, 9.17) is 85.3 Å². The van der Waals surface area contributed by atoms with Crippen molar-refractivity contribution in [1.29, 1.82) is 0 Å². The van der Waals surface area contributed by atoms with E-state index in [-0.39, 0.29) is 110 Å². The maximum Gasteiger partial charge on any atom is 0.253 e. The molecule has 9 atom stereocenters. The zero-order valence-electron chi connectivity index (χ0n) is 72.3. The number of methoxy groups -OCH3 is 3. The van der Waals surface area contributed by atoms with Gasteiger partial charge in [0.15, 0.2) is 24.6 Å². The standard InChI is InChI=1S/C91H124N6O28/c1-61-84-70(96-31-33-122-88(110-4)87(96)125-84)56-75(123-61)124-72-58-91(107,57-67-77(72)83(103)79-78(81(67)101)80(100)66-15-11-17-71(109-3)76(66)82(79)102)89(106)94-68(59-93-73(98)23-32-111-36-37-113-40-41-115-44-45-117-48-49-119-52-53-121-55-54-120-51-50-118-47-46-116-43-42-114-39-38-112-35-34-108-2)86(105)95-29-26-90(27-30-95)24-21-64(22-25-90)85(104)92-28-10-9-18-74(99)97-60-65-14-6-5-12-62(65)19-20-63-13-7-8-16-69(63)97/h5-8,11-17,61,64,68,70,72,75,84,87-88,101,103,107H,9-10,18,21-60H2,1-4H3,(H,92,104)(H,93,98)(H,94,106). The van der Waals surface area contributed by atoms with Crippen LogP contribution in [0.25, 0.3) is 0 Å². The number of aromatic hydroxyl groups is 2. The number of phenols is 2. The maximum atomic E-state index is 15.4. The number of nitrogens with zero attached hydrogens (tertiary/aromatic N) is 3. The zero-order valence-corrected chi connectivity index (χ0v) is 72.3. The van der Waals surface area contributed by atoms with Crippen LogP contribution in [0.2, 0.25) is 0 Å². The van der Waals surface area contributed by atoms with E-state index in [1.807, 2.05) is 48.5 Å². The number of morpholine rings is 1. The summed E-state index contributed by atoms with van der Waals surface area (Å²) in [6.07, 6.45) is -0.891. The van der Waals surface area contributed by atoms with Crippen molar-refractivity contribution in [3.63, 3.8) is 0 Å². The predicted molar refractivity (Wildman–Crippen MR) is 449 cm³/mol. The normalized spacial score (nSPS) is 22.1. The second-order valence-electron chi connectivity index (χ2n) is 32.3. The number of phenolic OH excluding ortho intramolecular Hbond substituents is 2. The third kappa shape index (κ3) is 25.8. The molecule has 0 bridgehead atoms. The zero-order chi connectivity index (χ0) is 87.9. The fourth-order valence-corrected chi connectivity index (χ4v) is 17.4. The first kappa shape index (κ1) is 95.9. The van der Waals surface area contributed by atoms with E-state index >= 15 is 9.59 Å². The van der Waals surface area contributed by atoms with Gasteiger partial charge in [-0.2, -0.15) is 0 Å². The number of hydrogen-bond acceptors (Lipinski definition) is 29. The van der Waals surface area contributed by atoms with E-state index in [2.05, 4.69) is 32.7 Å². The fraction of sp³-hybridized carbons (Fsp3) is 0.637. The van der Waals surface area contributed by atoms with Gasteiger partial charge in [-0.1, -0.05) is 54.3 Å². The fourth-order valence-electron chi connectivity index (χ4n) is 17.4. The van der Waals surface area contributed by atoms with Crippen LogP contribution in [0.4, 0.5) is 5.69 Å². The van der Waals surface area contributed by atoms with Crippen LogP contribution in [0.1, 0.15) is 150 Å². The summed E-state index contributed by atoms with van der Waals surface area (Å²) in [5, 5.41) is 46.9. The maximum absolute atomic E-state index is 15.4. The minimum absolute atomic E-state index is 0.0174. The molecule has 34 nitrogen and oxygen atoms in total. The Morgan fingerprint density at radius 3 is 1.78 bits per heavy atom. The number of anilines is 1. The molecule has 34 heteroatoms. The minimum Gasteiger partial charge on any atom is -0.507 e. The number of nitrogens with one attached hydrogen (secondary N) is 3. The summed E-state index contributed by atoms with van der Waals surface area (Å²) in [7, 11) is 4.48. The molecule has 686 valence electrons. The number of hydrogen-bond donors (Lipinski definition) is 6. The minimum atomic E-state index is -2.59. The highest BCUT2D eigenvalue weighted by atomic mass is 16.7. The van der Waals surface area contributed by atoms with E-state index in [1.54, 1.807) is 23.8 Å². The molecule has 4 aromatic rings. The van der Waals surface area contributed by atoms with Crippen molar-refractivity contribution in [2.75, 3.05) is 218 Å². The van der Waals surface area contributed by atoms with Crippen LogP contribution in [0.5, 0.6) is 17.2 Å². The highest BCUT2D eigenvalue weighted by molar-refractivity contribution is 6.31. The van der Waals surface area contributed by atoms with Crippen molar-refractivity contribution < 1.29 is 134 Å². The molecule has 4 aromatic carbocycles. The highest BCUT2D eigenvalue weighted by Crippen LogP contribution is 2.54. The van der Waals surface area contributed by atoms with E-state index in [1.165, 1.54) is 32.4 Å². The average molecular weight is 1750 g/mol. The summed E-state index contributed by atoms with van der Waals surface area (Å²) in [4.78, 5) is 107. The first-order chi connectivity index (χ1) is 60.9. The lowest BCUT2D eigenvalue weighted by Crippen LogP contribution is -2.61. The van der Waals surface area contributed by atoms with Crippen LogP contribution in [0.15, 0.2) is 66.7 Å². The molecule has 8 aliphatic rings. The third-order valence-electron chi connectivity index (χ3n) is 24.2. The highest BCUT2D eigenvalue weighted by Gasteiger charge is 2.56. The quantitative estimate of drug-likeness (QED) is 0.0169. The second kappa shape index (κ2) is 48.8. The first-order valence-corrected chi connectivity index (χ1v) is 43.9. The molecular formula is C91H124N6O28. The Morgan fingerprint density at radius 1 is 0.608 bits per heavy atom. The number of unbranched alkanes of at least 4 members (excludes halogenated alkanes) is 1. The van der Waals surface area contributed by atoms with Crippen LogP contribution in [0, 0.1) is 23.2 Å². The topological polar surface area (TPSA) is 392 Å². The molecule has 3 aliphatic carbocycles.